The molecule has 0 spiro atoms. The van der Waals surface area contributed by atoms with Crippen LogP contribution < -0.4 is 0 Å². The third-order valence-electron chi connectivity index (χ3n) is 3.13. The van der Waals surface area contributed by atoms with Gasteiger partial charge in [-0.1, -0.05) is 30.3 Å². The summed E-state index contributed by atoms with van der Waals surface area (Å²) in [5.41, 5.74) is -0.313. The van der Waals surface area contributed by atoms with Crippen molar-refractivity contribution in [1.82, 2.24) is 0 Å². The van der Waals surface area contributed by atoms with Crippen LogP contribution in [0, 0.1) is 0 Å². The van der Waals surface area contributed by atoms with Crippen LogP contribution in [0.25, 0.3) is 10.8 Å². The summed E-state index contributed by atoms with van der Waals surface area (Å²) in [6.07, 6.45) is -4.74. The Kier molecular flexibility index (Phi) is 6.10. The first-order valence-electron chi connectivity index (χ1n) is 6.38. The number of carboxylic acid groups (broad SMARTS) is 2. The third-order valence-corrected chi connectivity index (χ3v) is 3.13. The number of ether oxygens (including phenoxy) is 1. The summed E-state index contributed by atoms with van der Waals surface area (Å²) < 4.78 is 4.58. The van der Waals surface area contributed by atoms with E-state index in [-0.39, 0.29) is 18.0 Å². The maximum atomic E-state index is 12.2. The standard InChI is InChI=1S/C15H12O8.ClH/c16-9-6-5-7-3-1-2-4-8(7)10(9)15(22)23-12(14(20)21)11(17)13(18)19;/h1-6,11-12,16-17H,(H,18,19)(H,20,21);1H. The number of aliphatic hydroxyl groups is 1. The lowest BCUT2D eigenvalue weighted by atomic mass is 10.0. The molecule has 8 nitrogen and oxygen atoms in total. The predicted molar refractivity (Wildman–Crippen MR) is 83.3 cm³/mol. The molecular weight excluding hydrogens is 344 g/mol. The van der Waals surface area contributed by atoms with Crippen molar-refractivity contribution in [1.29, 1.82) is 0 Å². The number of esters is 1. The van der Waals surface area contributed by atoms with E-state index in [0.717, 1.165) is 0 Å². The number of carboxylic acids is 2. The summed E-state index contributed by atoms with van der Waals surface area (Å²) >= 11 is 0. The van der Waals surface area contributed by atoms with Gasteiger partial charge in [0.25, 0.3) is 0 Å². The second-order valence-electron chi connectivity index (χ2n) is 4.63. The Morgan fingerprint density at radius 3 is 2.17 bits per heavy atom. The van der Waals surface area contributed by atoms with Crippen molar-refractivity contribution in [2.75, 3.05) is 0 Å². The molecule has 0 saturated carbocycles. The quantitative estimate of drug-likeness (QED) is 0.582. The van der Waals surface area contributed by atoms with E-state index in [0.29, 0.717) is 10.8 Å². The summed E-state index contributed by atoms with van der Waals surface area (Å²) in [6.45, 7) is 0. The predicted octanol–water partition coefficient (Wildman–Crippen LogP) is 1.02. The lowest BCUT2D eigenvalue weighted by Crippen LogP contribution is -2.43. The van der Waals surface area contributed by atoms with Gasteiger partial charge in [0.05, 0.1) is 0 Å². The Morgan fingerprint density at radius 2 is 1.58 bits per heavy atom. The van der Waals surface area contributed by atoms with Crippen molar-refractivity contribution < 1.29 is 39.5 Å². The molecule has 0 aliphatic heterocycles. The summed E-state index contributed by atoms with van der Waals surface area (Å²) in [7, 11) is 0. The normalized spacial score (nSPS) is 12.7. The minimum atomic E-state index is -2.44. The van der Waals surface area contributed by atoms with E-state index in [1.165, 1.54) is 12.1 Å². The molecule has 2 aromatic rings. The van der Waals surface area contributed by atoms with Gasteiger partial charge in [-0.05, 0) is 16.8 Å². The SMILES string of the molecule is Cl.O=C(OC(C(=O)O)C(O)C(=O)O)c1c(O)ccc2ccccc12. The summed E-state index contributed by atoms with van der Waals surface area (Å²) in [6, 6.07) is 9.23. The zero-order valence-electron chi connectivity index (χ0n) is 11.9. The van der Waals surface area contributed by atoms with Crippen LogP contribution in [0.15, 0.2) is 36.4 Å². The number of benzene rings is 2. The topological polar surface area (TPSA) is 141 Å². The van der Waals surface area contributed by atoms with Gasteiger partial charge in [-0.15, -0.1) is 12.4 Å². The maximum Gasteiger partial charge on any atom is 0.348 e. The smallest absolute Gasteiger partial charge is 0.348 e. The van der Waals surface area contributed by atoms with Gasteiger partial charge in [-0.25, -0.2) is 14.4 Å². The summed E-state index contributed by atoms with van der Waals surface area (Å²) in [4.78, 5) is 33.9. The highest BCUT2D eigenvalue weighted by molar-refractivity contribution is 6.07. The first-order chi connectivity index (χ1) is 10.8. The van der Waals surface area contributed by atoms with E-state index in [9.17, 15) is 24.6 Å². The van der Waals surface area contributed by atoms with Crippen LogP contribution >= 0.6 is 12.4 Å². The second-order valence-corrected chi connectivity index (χ2v) is 4.63. The summed E-state index contributed by atoms with van der Waals surface area (Å²) in [5, 5.41) is 37.6. The molecule has 0 saturated heterocycles. The zero-order valence-corrected chi connectivity index (χ0v) is 12.8. The molecule has 0 amide bonds. The molecule has 0 fully saturated rings. The molecular formula is C15H13ClO8. The van der Waals surface area contributed by atoms with Crippen LogP contribution in [0.4, 0.5) is 0 Å². The van der Waals surface area contributed by atoms with Crippen LogP contribution in [-0.4, -0.2) is 50.5 Å². The molecule has 0 heterocycles. The minimum absolute atomic E-state index is 0. The molecule has 128 valence electrons. The molecule has 9 heteroatoms. The average Bonchev–Trinajstić information content (AvgIpc) is 2.51. The van der Waals surface area contributed by atoms with Crippen LogP contribution in [0.1, 0.15) is 10.4 Å². The van der Waals surface area contributed by atoms with Crippen molar-refractivity contribution in [3.8, 4) is 5.75 Å². The molecule has 0 aromatic heterocycles. The van der Waals surface area contributed by atoms with Gasteiger partial charge in [0.2, 0.25) is 6.10 Å². The molecule has 0 bridgehead atoms. The van der Waals surface area contributed by atoms with Gasteiger partial charge in [0.15, 0.2) is 6.10 Å². The number of hydrogen-bond donors (Lipinski definition) is 4. The lowest BCUT2D eigenvalue weighted by Gasteiger charge is -2.17. The number of rotatable bonds is 5. The fourth-order valence-electron chi connectivity index (χ4n) is 2.03. The van der Waals surface area contributed by atoms with E-state index in [2.05, 4.69) is 4.74 Å². The molecule has 4 N–H and O–H groups in total. The number of hydrogen-bond acceptors (Lipinski definition) is 6. The van der Waals surface area contributed by atoms with Crippen molar-refractivity contribution >= 4 is 41.1 Å². The zero-order chi connectivity index (χ0) is 17.1. The first-order valence-corrected chi connectivity index (χ1v) is 6.38. The fourth-order valence-corrected chi connectivity index (χ4v) is 2.03. The van der Waals surface area contributed by atoms with Gasteiger partial charge in [0, 0.05) is 0 Å². The number of fused-ring (bicyclic) bond motifs is 1. The number of phenolic OH excluding ortho intramolecular Hbond substituents is 1. The highest BCUT2D eigenvalue weighted by Gasteiger charge is 2.36. The van der Waals surface area contributed by atoms with Crippen LogP contribution in [-0.2, 0) is 14.3 Å². The van der Waals surface area contributed by atoms with Gasteiger partial charge in [-0.2, -0.15) is 0 Å². The largest absolute Gasteiger partial charge is 0.507 e. The Morgan fingerprint density at radius 1 is 0.958 bits per heavy atom. The van der Waals surface area contributed by atoms with Gasteiger partial charge in [-0.3, -0.25) is 0 Å². The number of aromatic hydroxyl groups is 1. The molecule has 0 aliphatic rings. The molecule has 24 heavy (non-hydrogen) atoms. The number of carbonyl (C=O) groups is 3. The minimum Gasteiger partial charge on any atom is -0.507 e. The van der Waals surface area contributed by atoms with Gasteiger partial charge < -0.3 is 25.2 Å². The number of phenols is 1. The van der Waals surface area contributed by atoms with Crippen LogP contribution in [0.2, 0.25) is 0 Å². The number of carbonyl (C=O) groups excluding carboxylic acids is 1. The summed E-state index contributed by atoms with van der Waals surface area (Å²) in [5.74, 6) is -5.39. The van der Waals surface area contributed by atoms with E-state index < -0.39 is 35.9 Å². The third kappa shape index (κ3) is 3.73. The molecule has 2 rings (SSSR count). The monoisotopic (exact) mass is 356 g/mol. The molecule has 0 radical (unpaired) electrons. The van der Waals surface area contributed by atoms with E-state index in [1.54, 1.807) is 24.3 Å². The van der Waals surface area contributed by atoms with Gasteiger partial charge >= 0.3 is 17.9 Å². The fraction of sp³-hybridized carbons (Fsp3) is 0.133. The Bertz CT molecular complexity index is 788. The Hall–Kier alpha value is -2.84. The van der Waals surface area contributed by atoms with Crippen molar-refractivity contribution in [2.24, 2.45) is 0 Å². The number of aliphatic hydroxyl groups excluding tert-OH is 1. The number of aliphatic carboxylic acids is 2. The first kappa shape index (κ1) is 19.2. The van der Waals surface area contributed by atoms with Crippen molar-refractivity contribution in [3.05, 3.63) is 42.0 Å². The molecule has 2 unspecified atom stereocenters. The number of halogens is 1. The highest BCUT2D eigenvalue weighted by atomic mass is 35.5. The Balaban J connectivity index is 0.00000288. The maximum absolute atomic E-state index is 12.2. The molecule has 2 aromatic carbocycles. The van der Waals surface area contributed by atoms with Crippen molar-refractivity contribution in [2.45, 2.75) is 12.2 Å². The van der Waals surface area contributed by atoms with E-state index in [4.69, 9.17) is 10.2 Å². The van der Waals surface area contributed by atoms with E-state index in [1.807, 2.05) is 0 Å². The second kappa shape index (κ2) is 7.62. The van der Waals surface area contributed by atoms with Gasteiger partial charge in [0.1, 0.15) is 11.3 Å². The lowest BCUT2D eigenvalue weighted by molar-refractivity contribution is -0.166. The van der Waals surface area contributed by atoms with Crippen LogP contribution in [0.5, 0.6) is 5.75 Å². The Labute approximate surface area is 141 Å². The van der Waals surface area contributed by atoms with Crippen LogP contribution in [0.3, 0.4) is 0 Å². The van der Waals surface area contributed by atoms with Crippen molar-refractivity contribution in [3.63, 3.8) is 0 Å². The highest BCUT2D eigenvalue weighted by Crippen LogP contribution is 2.28. The average molecular weight is 357 g/mol. The molecule has 0 aliphatic carbocycles. The molecule has 2 atom stereocenters. The van der Waals surface area contributed by atoms with E-state index >= 15 is 0 Å².